The molecule has 3 rings (SSSR count). The van der Waals surface area contributed by atoms with Gasteiger partial charge in [-0.2, -0.15) is 0 Å². The lowest BCUT2D eigenvalue weighted by atomic mass is 10.2. The number of hydrogen-bond acceptors (Lipinski definition) is 5. The summed E-state index contributed by atoms with van der Waals surface area (Å²) in [7, 11) is 1.58. The van der Waals surface area contributed by atoms with Crippen LogP contribution in [0.3, 0.4) is 0 Å². The average molecular weight is 450 g/mol. The average Bonchev–Trinajstić information content (AvgIpc) is 2.79. The van der Waals surface area contributed by atoms with Crippen molar-refractivity contribution in [3.05, 3.63) is 78.4 Å². The van der Waals surface area contributed by atoms with Gasteiger partial charge in [0.15, 0.2) is 0 Å². The van der Waals surface area contributed by atoms with E-state index in [0.717, 1.165) is 4.90 Å². The van der Waals surface area contributed by atoms with Crippen LogP contribution in [-0.4, -0.2) is 30.6 Å². The summed E-state index contributed by atoms with van der Waals surface area (Å²) in [4.78, 5) is 36.6. The van der Waals surface area contributed by atoms with Gasteiger partial charge in [-0.3, -0.25) is 14.4 Å². The number of anilines is 3. The van der Waals surface area contributed by atoms with E-state index in [0.29, 0.717) is 28.4 Å². The summed E-state index contributed by atoms with van der Waals surface area (Å²) in [6.45, 7) is 1.45. The molecule has 3 aromatic carbocycles. The number of carbonyl (C=O) groups excluding carboxylic acids is 3. The fraction of sp³-hybridized carbons (Fsp3) is 0.125. The Bertz CT molecular complexity index is 1080. The maximum Gasteiger partial charge on any atom is 0.255 e. The number of amides is 3. The molecular formula is C24H23N3O4S. The maximum absolute atomic E-state index is 12.4. The van der Waals surface area contributed by atoms with Crippen molar-refractivity contribution < 1.29 is 19.1 Å². The van der Waals surface area contributed by atoms with E-state index in [1.807, 2.05) is 12.1 Å². The number of benzene rings is 3. The lowest BCUT2D eigenvalue weighted by molar-refractivity contribution is -0.114. The highest BCUT2D eigenvalue weighted by atomic mass is 32.2. The lowest BCUT2D eigenvalue weighted by Crippen LogP contribution is -2.15. The molecule has 0 spiro atoms. The summed E-state index contributed by atoms with van der Waals surface area (Å²) >= 11 is 1.39. The Labute approximate surface area is 190 Å². The molecule has 3 aromatic rings. The van der Waals surface area contributed by atoms with Gasteiger partial charge in [0, 0.05) is 34.4 Å². The Morgan fingerprint density at radius 3 is 1.88 bits per heavy atom. The fourth-order valence-electron chi connectivity index (χ4n) is 2.77. The minimum atomic E-state index is -0.244. The summed E-state index contributed by atoms with van der Waals surface area (Å²) < 4.78 is 5.10. The first-order valence-corrected chi connectivity index (χ1v) is 10.8. The van der Waals surface area contributed by atoms with Gasteiger partial charge in [0.25, 0.3) is 5.91 Å². The van der Waals surface area contributed by atoms with Gasteiger partial charge in [-0.25, -0.2) is 0 Å². The van der Waals surface area contributed by atoms with E-state index >= 15 is 0 Å². The molecule has 0 unspecified atom stereocenters. The fourth-order valence-corrected chi connectivity index (χ4v) is 3.46. The van der Waals surface area contributed by atoms with Crippen LogP contribution < -0.4 is 20.7 Å². The smallest absolute Gasteiger partial charge is 0.255 e. The molecule has 7 nitrogen and oxygen atoms in total. The molecule has 8 heteroatoms. The van der Waals surface area contributed by atoms with Crippen molar-refractivity contribution in [1.29, 1.82) is 0 Å². The molecule has 0 aromatic heterocycles. The van der Waals surface area contributed by atoms with Crippen LogP contribution in [0.25, 0.3) is 0 Å². The minimum absolute atomic E-state index is 0.131. The molecule has 0 bridgehead atoms. The molecule has 3 N–H and O–H groups in total. The third-order valence-corrected chi connectivity index (χ3v) is 5.34. The van der Waals surface area contributed by atoms with Gasteiger partial charge in [-0.1, -0.05) is 0 Å². The highest BCUT2D eigenvalue weighted by Crippen LogP contribution is 2.21. The second-order valence-corrected chi connectivity index (χ2v) is 7.85. The van der Waals surface area contributed by atoms with Gasteiger partial charge in [0.05, 0.1) is 12.9 Å². The molecule has 164 valence electrons. The number of thioether (sulfide) groups is 1. The monoisotopic (exact) mass is 449 g/mol. The van der Waals surface area contributed by atoms with E-state index in [4.69, 9.17) is 4.74 Å². The largest absolute Gasteiger partial charge is 0.497 e. The van der Waals surface area contributed by atoms with Crippen molar-refractivity contribution in [3.63, 3.8) is 0 Å². The molecule has 0 atom stereocenters. The summed E-state index contributed by atoms with van der Waals surface area (Å²) in [5, 5.41) is 8.33. The Morgan fingerprint density at radius 2 is 1.28 bits per heavy atom. The van der Waals surface area contributed by atoms with E-state index in [2.05, 4.69) is 16.0 Å². The molecule has 0 heterocycles. The molecule has 0 radical (unpaired) electrons. The third kappa shape index (κ3) is 6.88. The van der Waals surface area contributed by atoms with Crippen molar-refractivity contribution in [2.24, 2.45) is 0 Å². The van der Waals surface area contributed by atoms with Gasteiger partial charge in [-0.15, -0.1) is 11.8 Å². The Kier molecular flexibility index (Phi) is 7.88. The first-order valence-electron chi connectivity index (χ1n) is 9.79. The first-order chi connectivity index (χ1) is 15.4. The second-order valence-electron chi connectivity index (χ2n) is 6.80. The normalized spacial score (nSPS) is 10.2. The van der Waals surface area contributed by atoms with Gasteiger partial charge >= 0.3 is 0 Å². The quantitative estimate of drug-likeness (QED) is 0.436. The molecule has 0 saturated heterocycles. The van der Waals surface area contributed by atoms with Crippen molar-refractivity contribution in [2.45, 2.75) is 11.8 Å². The zero-order valence-corrected chi connectivity index (χ0v) is 18.5. The van der Waals surface area contributed by atoms with Gasteiger partial charge in [-0.05, 0) is 72.8 Å². The topological polar surface area (TPSA) is 96.5 Å². The van der Waals surface area contributed by atoms with Crippen LogP contribution in [-0.2, 0) is 9.59 Å². The molecule has 0 aliphatic rings. The predicted octanol–water partition coefficient (Wildman–Crippen LogP) is 4.64. The minimum Gasteiger partial charge on any atom is -0.497 e. The van der Waals surface area contributed by atoms with Crippen molar-refractivity contribution in [2.75, 3.05) is 28.8 Å². The van der Waals surface area contributed by atoms with Crippen LogP contribution in [0.15, 0.2) is 77.7 Å². The molecule has 0 aliphatic carbocycles. The van der Waals surface area contributed by atoms with E-state index in [-0.39, 0.29) is 23.5 Å². The lowest BCUT2D eigenvalue weighted by Gasteiger charge is -2.08. The number of nitrogens with one attached hydrogen (secondary N) is 3. The van der Waals surface area contributed by atoms with E-state index in [9.17, 15) is 14.4 Å². The number of ether oxygens (including phenoxy) is 1. The molecule has 0 saturated carbocycles. The van der Waals surface area contributed by atoms with Crippen LogP contribution in [0.5, 0.6) is 5.75 Å². The van der Waals surface area contributed by atoms with E-state index in [1.54, 1.807) is 67.8 Å². The second kappa shape index (κ2) is 11.0. The zero-order chi connectivity index (χ0) is 22.9. The van der Waals surface area contributed by atoms with Crippen LogP contribution in [0.4, 0.5) is 17.1 Å². The predicted molar refractivity (Wildman–Crippen MR) is 127 cm³/mol. The molecule has 32 heavy (non-hydrogen) atoms. The molecule has 3 amide bonds. The van der Waals surface area contributed by atoms with Crippen LogP contribution in [0.1, 0.15) is 17.3 Å². The highest BCUT2D eigenvalue weighted by Gasteiger charge is 2.08. The van der Waals surface area contributed by atoms with Crippen molar-refractivity contribution >= 4 is 46.5 Å². The van der Waals surface area contributed by atoms with E-state index in [1.165, 1.54) is 18.7 Å². The van der Waals surface area contributed by atoms with Crippen LogP contribution in [0.2, 0.25) is 0 Å². The highest BCUT2D eigenvalue weighted by molar-refractivity contribution is 8.00. The zero-order valence-electron chi connectivity index (χ0n) is 17.7. The number of carbonyl (C=O) groups is 3. The number of methoxy groups -OCH3 is 1. The van der Waals surface area contributed by atoms with Gasteiger partial charge in [0.1, 0.15) is 5.75 Å². The number of hydrogen-bond donors (Lipinski definition) is 3. The standard InChI is InChI=1S/C24H23N3O4S/c1-16(28)25-18-9-13-22(14-10-18)32-15-23(29)26-19-5-3-17(4-6-19)24(30)27-20-7-11-21(31-2)12-8-20/h3-14H,15H2,1-2H3,(H,25,28)(H,26,29)(H,27,30). The maximum atomic E-state index is 12.4. The molecular weight excluding hydrogens is 426 g/mol. The Morgan fingerprint density at radius 1 is 0.750 bits per heavy atom. The molecule has 0 aliphatic heterocycles. The summed E-state index contributed by atoms with van der Waals surface area (Å²) in [5.41, 5.74) is 2.46. The summed E-state index contributed by atoms with van der Waals surface area (Å²) in [5.74, 6) is 0.416. The first kappa shape index (κ1) is 22.9. The van der Waals surface area contributed by atoms with E-state index < -0.39 is 0 Å². The van der Waals surface area contributed by atoms with Crippen molar-refractivity contribution in [3.8, 4) is 5.75 Å². The van der Waals surface area contributed by atoms with Crippen molar-refractivity contribution in [1.82, 2.24) is 0 Å². The SMILES string of the molecule is COc1ccc(NC(=O)c2ccc(NC(=O)CSc3ccc(NC(C)=O)cc3)cc2)cc1. The van der Waals surface area contributed by atoms with Crippen LogP contribution >= 0.6 is 11.8 Å². The molecule has 0 fully saturated rings. The van der Waals surface area contributed by atoms with Crippen LogP contribution in [0, 0.1) is 0 Å². The van der Waals surface area contributed by atoms with Gasteiger partial charge < -0.3 is 20.7 Å². The number of rotatable bonds is 8. The summed E-state index contributed by atoms with van der Waals surface area (Å²) in [6, 6.07) is 21.0. The Hall–Kier alpha value is -3.78. The third-order valence-electron chi connectivity index (χ3n) is 4.32. The Balaban J connectivity index is 1.48. The van der Waals surface area contributed by atoms with Gasteiger partial charge in [0.2, 0.25) is 11.8 Å². The summed E-state index contributed by atoms with van der Waals surface area (Å²) in [6.07, 6.45) is 0.